The molecule has 1 N–H and O–H groups in total. The molecule has 52 valence electrons. The topological polar surface area (TPSA) is 49.7 Å². The average Bonchev–Trinajstić information content (AvgIpc) is 2.37. The molecule has 0 unspecified atom stereocenters. The van der Waals surface area contributed by atoms with Crippen molar-refractivity contribution in [1.29, 1.82) is 0 Å². The Morgan fingerprint density at radius 3 is 2.70 bits per heavy atom. The molecular formula is C6H5NO2S. The quantitative estimate of drug-likeness (QED) is 0.303. The van der Waals surface area contributed by atoms with Gasteiger partial charge in [0.05, 0.1) is 11.1 Å². The first-order valence-corrected chi connectivity index (χ1v) is 3.41. The van der Waals surface area contributed by atoms with Crippen LogP contribution in [0.2, 0.25) is 0 Å². The van der Waals surface area contributed by atoms with Gasteiger partial charge in [-0.15, -0.1) is 11.3 Å². The van der Waals surface area contributed by atoms with Crippen molar-refractivity contribution in [3.05, 3.63) is 21.9 Å². The molecule has 1 aromatic heterocycles. The summed E-state index contributed by atoms with van der Waals surface area (Å²) in [5.74, 6) is 0. The van der Waals surface area contributed by atoms with Crippen LogP contribution >= 0.6 is 11.3 Å². The van der Waals surface area contributed by atoms with Crippen molar-refractivity contribution < 1.29 is 10.0 Å². The van der Waals surface area contributed by atoms with Gasteiger partial charge in [0.15, 0.2) is 6.29 Å². The van der Waals surface area contributed by atoms with E-state index in [1.165, 1.54) is 17.6 Å². The first-order valence-electron chi connectivity index (χ1n) is 2.59. The molecular weight excluding hydrogens is 150 g/mol. The van der Waals surface area contributed by atoms with E-state index in [1.807, 2.05) is 0 Å². The Kier molecular flexibility index (Phi) is 2.17. The molecule has 0 spiro atoms. The Labute approximate surface area is 61.6 Å². The second-order valence-electron chi connectivity index (χ2n) is 1.60. The Bertz CT molecular complexity index is 254. The van der Waals surface area contributed by atoms with Crippen LogP contribution in [0.25, 0.3) is 0 Å². The number of hydrogen-bond acceptors (Lipinski definition) is 4. The van der Waals surface area contributed by atoms with E-state index in [0.717, 1.165) is 11.2 Å². The summed E-state index contributed by atoms with van der Waals surface area (Å²) in [5, 5.41) is 10.9. The summed E-state index contributed by atoms with van der Waals surface area (Å²) in [7, 11) is 0. The molecule has 0 saturated carbocycles. The van der Waals surface area contributed by atoms with Gasteiger partial charge in [0.1, 0.15) is 0 Å². The zero-order valence-electron chi connectivity index (χ0n) is 5.02. The molecule has 0 saturated heterocycles. The summed E-state index contributed by atoms with van der Waals surface area (Å²) < 4.78 is 0. The fraction of sp³-hybridized carbons (Fsp3) is 0. The lowest BCUT2D eigenvalue weighted by atomic mass is 10.4. The SMILES string of the molecule is O=Cc1ccc(/C=N/O)s1. The zero-order valence-corrected chi connectivity index (χ0v) is 5.84. The van der Waals surface area contributed by atoms with Crippen molar-refractivity contribution in [3.8, 4) is 0 Å². The van der Waals surface area contributed by atoms with Gasteiger partial charge < -0.3 is 5.21 Å². The molecule has 0 aliphatic rings. The Balaban J connectivity index is 2.87. The molecule has 4 heteroatoms. The lowest BCUT2D eigenvalue weighted by Gasteiger charge is -1.75. The van der Waals surface area contributed by atoms with Gasteiger partial charge in [0, 0.05) is 4.88 Å². The summed E-state index contributed by atoms with van der Waals surface area (Å²) in [6.07, 6.45) is 2.05. The van der Waals surface area contributed by atoms with Gasteiger partial charge in [-0.05, 0) is 12.1 Å². The number of nitrogens with zero attached hydrogens (tertiary/aromatic N) is 1. The van der Waals surface area contributed by atoms with E-state index in [-0.39, 0.29) is 0 Å². The third-order valence-corrected chi connectivity index (χ3v) is 1.89. The van der Waals surface area contributed by atoms with Gasteiger partial charge >= 0.3 is 0 Å². The summed E-state index contributed by atoms with van der Waals surface area (Å²) in [6.45, 7) is 0. The minimum atomic E-state index is 0.634. The number of thiophene rings is 1. The molecule has 1 rings (SSSR count). The van der Waals surface area contributed by atoms with Crippen LogP contribution < -0.4 is 0 Å². The Morgan fingerprint density at radius 2 is 2.20 bits per heavy atom. The van der Waals surface area contributed by atoms with Gasteiger partial charge in [-0.2, -0.15) is 0 Å². The Morgan fingerprint density at radius 1 is 1.50 bits per heavy atom. The van der Waals surface area contributed by atoms with Crippen molar-refractivity contribution in [2.24, 2.45) is 5.16 Å². The molecule has 0 aromatic carbocycles. The highest BCUT2D eigenvalue weighted by Gasteiger charge is 1.94. The third-order valence-electron chi connectivity index (χ3n) is 0.949. The zero-order chi connectivity index (χ0) is 7.40. The molecule has 0 radical (unpaired) electrons. The molecule has 1 heterocycles. The van der Waals surface area contributed by atoms with Gasteiger partial charge in [0.2, 0.25) is 0 Å². The van der Waals surface area contributed by atoms with Crippen LogP contribution in [0.15, 0.2) is 17.3 Å². The first-order chi connectivity index (χ1) is 4.86. The molecule has 0 fully saturated rings. The van der Waals surface area contributed by atoms with E-state index >= 15 is 0 Å². The summed E-state index contributed by atoms with van der Waals surface area (Å²) in [5.41, 5.74) is 0. The van der Waals surface area contributed by atoms with E-state index < -0.39 is 0 Å². The molecule has 0 atom stereocenters. The second-order valence-corrected chi connectivity index (χ2v) is 2.75. The van der Waals surface area contributed by atoms with Crippen LogP contribution in [0.5, 0.6) is 0 Å². The fourth-order valence-electron chi connectivity index (χ4n) is 0.558. The average molecular weight is 155 g/mol. The Hall–Kier alpha value is -1.16. The highest BCUT2D eigenvalue weighted by atomic mass is 32.1. The number of hydrogen-bond donors (Lipinski definition) is 1. The summed E-state index contributed by atoms with van der Waals surface area (Å²) >= 11 is 1.28. The predicted octanol–water partition coefficient (Wildman–Crippen LogP) is 1.37. The van der Waals surface area contributed by atoms with Gasteiger partial charge in [0.25, 0.3) is 0 Å². The monoisotopic (exact) mass is 155 g/mol. The summed E-state index contributed by atoms with van der Waals surface area (Å²) in [6, 6.07) is 3.39. The highest BCUT2D eigenvalue weighted by Crippen LogP contribution is 2.11. The van der Waals surface area contributed by atoms with Crippen molar-refractivity contribution >= 4 is 23.8 Å². The molecule has 0 bridgehead atoms. The smallest absolute Gasteiger partial charge is 0.160 e. The normalized spacial score (nSPS) is 10.4. The number of rotatable bonds is 2. The number of aldehydes is 1. The maximum atomic E-state index is 10.1. The number of carbonyl (C=O) groups excluding carboxylic acids is 1. The highest BCUT2D eigenvalue weighted by molar-refractivity contribution is 7.15. The minimum Gasteiger partial charge on any atom is -0.411 e. The second kappa shape index (κ2) is 3.12. The first kappa shape index (κ1) is 6.95. The number of oxime groups is 1. The molecule has 3 nitrogen and oxygen atoms in total. The molecule has 0 amide bonds. The van der Waals surface area contributed by atoms with Crippen molar-refractivity contribution in [3.63, 3.8) is 0 Å². The maximum absolute atomic E-state index is 10.1. The van der Waals surface area contributed by atoms with Crippen LogP contribution in [0.4, 0.5) is 0 Å². The molecule has 0 aliphatic carbocycles. The molecule has 0 aliphatic heterocycles. The van der Waals surface area contributed by atoms with E-state index in [4.69, 9.17) is 5.21 Å². The lowest BCUT2D eigenvalue weighted by Crippen LogP contribution is -1.68. The van der Waals surface area contributed by atoms with E-state index in [1.54, 1.807) is 12.1 Å². The number of carbonyl (C=O) groups is 1. The van der Waals surface area contributed by atoms with E-state index in [0.29, 0.717) is 4.88 Å². The van der Waals surface area contributed by atoms with Gasteiger partial charge in [-0.25, -0.2) is 0 Å². The fourth-order valence-corrected chi connectivity index (χ4v) is 1.25. The van der Waals surface area contributed by atoms with Crippen LogP contribution in [0.1, 0.15) is 14.5 Å². The van der Waals surface area contributed by atoms with Crippen molar-refractivity contribution in [2.45, 2.75) is 0 Å². The van der Waals surface area contributed by atoms with Crippen LogP contribution in [-0.4, -0.2) is 17.7 Å². The largest absolute Gasteiger partial charge is 0.411 e. The van der Waals surface area contributed by atoms with E-state index in [9.17, 15) is 4.79 Å². The van der Waals surface area contributed by atoms with Crippen LogP contribution in [-0.2, 0) is 0 Å². The standard InChI is InChI=1S/C6H5NO2S/c8-4-6-2-1-5(10-6)3-7-9/h1-4,9H/b7-3+. The van der Waals surface area contributed by atoms with Crippen molar-refractivity contribution in [1.82, 2.24) is 0 Å². The molecule has 1 aromatic rings. The maximum Gasteiger partial charge on any atom is 0.160 e. The molecule has 10 heavy (non-hydrogen) atoms. The summed E-state index contributed by atoms with van der Waals surface area (Å²) in [4.78, 5) is 11.5. The van der Waals surface area contributed by atoms with Crippen LogP contribution in [0.3, 0.4) is 0 Å². The van der Waals surface area contributed by atoms with Crippen molar-refractivity contribution in [2.75, 3.05) is 0 Å². The lowest BCUT2D eigenvalue weighted by molar-refractivity contribution is 0.112. The van der Waals surface area contributed by atoms with E-state index in [2.05, 4.69) is 5.16 Å². The van der Waals surface area contributed by atoms with Gasteiger partial charge in [-0.3, -0.25) is 4.79 Å². The van der Waals surface area contributed by atoms with Crippen LogP contribution in [0, 0.1) is 0 Å². The predicted molar refractivity (Wildman–Crippen MR) is 39.1 cm³/mol. The van der Waals surface area contributed by atoms with Gasteiger partial charge in [-0.1, -0.05) is 5.16 Å². The third kappa shape index (κ3) is 1.41. The minimum absolute atomic E-state index is 0.634.